The lowest BCUT2D eigenvalue weighted by Crippen LogP contribution is -2.14. The first-order valence-electron chi connectivity index (χ1n) is 5.17. The number of aldehydes is 1. The van der Waals surface area contributed by atoms with Crippen LogP contribution in [-0.4, -0.2) is 13.4 Å². The maximum Gasteiger partial charge on any atom is 0.154 e. The molecule has 86 valence electrons. The number of fused-ring (bicyclic) bond motifs is 1. The summed E-state index contributed by atoms with van der Waals surface area (Å²) in [6.45, 7) is 0. The Kier molecular flexibility index (Phi) is 3.40. The van der Waals surface area contributed by atoms with E-state index in [0.29, 0.717) is 10.8 Å². The number of ether oxygens (including phenoxy) is 1. The number of methoxy groups -OCH3 is 1. The van der Waals surface area contributed by atoms with Gasteiger partial charge in [0.05, 0.1) is 11.7 Å². The maximum absolute atomic E-state index is 13.6. The highest BCUT2D eigenvalue weighted by atomic mass is 79.9. The molecule has 1 aliphatic rings. The molecule has 4 heteroatoms. The van der Waals surface area contributed by atoms with Gasteiger partial charge < -0.3 is 4.74 Å². The van der Waals surface area contributed by atoms with Crippen LogP contribution >= 0.6 is 15.9 Å². The van der Waals surface area contributed by atoms with Crippen molar-refractivity contribution in [3.8, 4) is 0 Å². The average molecular weight is 287 g/mol. The summed E-state index contributed by atoms with van der Waals surface area (Å²) in [4.78, 5) is 10.8. The minimum atomic E-state index is -0.461. The zero-order valence-electron chi connectivity index (χ0n) is 8.93. The first kappa shape index (κ1) is 11.7. The summed E-state index contributed by atoms with van der Waals surface area (Å²) in [5.74, 6) is -0.461. The second kappa shape index (κ2) is 4.63. The average Bonchev–Trinajstić information content (AvgIpc) is 2.28. The molecular weight excluding hydrogens is 275 g/mol. The van der Waals surface area contributed by atoms with Crippen LogP contribution in [0.25, 0.3) is 0 Å². The molecule has 0 radical (unpaired) electrons. The van der Waals surface area contributed by atoms with Crippen LogP contribution in [0.4, 0.5) is 4.39 Å². The number of hydrogen-bond donors (Lipinski definition) is 0. The van der Waals surface area contributed by atoms with Crippen molar-refractivity contribution < 1.29 is 13.9 Å². The van der Waals surface area contributed by atoms with E-state index in [1.165, 1.54) is 6.07 Å². The molecule has 16 heavy (non-hydrogen) atoms. The van der Waals surface area contributed by atoms with Gasteiger partial charge >= 0.3 is 0 Å². The van der Waals surface area contributed by atoms with Crippen LogP contribution in [0.1, 0.15) is 40.4 Å². The van der Waals surface area contributed by atoms with Crippen molar-refractivity contribution in [3.63, 3.8) is 0 Å². The van der Waals surface area contributed by atoms with Gasteiger partial charge in [-0.1, -0.05) is 0 Å². The largest absolute Gasteiger partial charge is 0.377 e. The lowest BCUT2D eigenvalue weighted by molar-refractivity contribution is 0.0872. The molecule has 1 aromatic rings. The predicted molar refractivity (Wildman–Crippen MR) is 62.2 cm³/mol. The third-order valence-electron chi connectivity index (χ3n) is 3.01. The molecule has 0 aromatic heterocycles. The highest BCUT2D eigenvalue weighted by Crippen LogP contribution is 2.39. The number of hydrogen-bond acceptors (Lipinski definition) is 2. The van der Waals surface area contributed by atoms with Gasteiger partial charge in [-0.25, -0.2) is 4.39 Å². The Hall–Kier alpha value is -0.740. The molecule has 0 saturated heterocycles. The Morgan fingerprint density at radius 1 is 1.62 bits per heavy atom. The summed E-state index contributed by atoms with van der Waals surface area (Å²) < 4.78 is 19.5. The zero-order valence-corrected chi connectivity index (χ0v) is 10.5. The fraction of sp³-hybridized carbons (Fsp3) is 0.417. The maximum atomic E-state index is 13.6. The van der Waals surface area contributed by atoms with E-state index in [1.807, 2.05) is 0 Å². The minimum Gasteiger partial charge on any atom is -0.377 e. The Labute approximate surface area is 102 Å². The van der Waals surface area contributed by atoms with E-state index in [9.17, 15) is 9.18 Å². The topological polar surface area (TPSA) is 26.3 Å². The normalized spacial score (nSPS) is 19.3. The summed E-state index contributed by atoms with van der Waals surface area (Å²) in [6, 6.07) is 1.45. The Morgan fingerprint density at radius 2 is 2.38 bits per heavy atom. The van der Waals surface area contributed by atoms with Gasteiger partial charge in [0.2, 0.25) is 0 Å². The van der Waals surface area contributed by atoms with Crippen LogP contribution in [-0.2, 0) is 11.2 Å². The molecule has 1 aromatic carbocycles. The molecule has 0 saturated carbocycles. The van der Waals surface area contributed by atoms with E-state index < -0.39 is 5.82 Å². The first-order chi connectivity index (χ1) is 7.69. The molecular formula is C12H12BrFO2. The van der Waals surface area contributed by atoms with Gasteiger partial charge in [-0.15, -0.1) is 0 Å². The molecule has 1 unspecified atom stereocenters. The fourth-order valence-electron chi connectivity index (χ4n) is 2.22. The molecule has 0 spiro atoms. The summed E-state index contributed by atoms with van der Waals surface area (Å²) in [5.41, 5.74) is 1.95. The molecule has 0 heterocycles. The van der Waals surface area contributed by atoms with Crippen molar-refractivity contribution in [2.45, 2.75) is 25.4 Å². The highest BCUT2D eigenvalue weighted by molar-refractivity contribution is 9.10. The highest BCUT2D eigenvalue weighted by Gasteiger charge is 2.25. The number of benzene rings is 1. The van der Waals surface area contributed by atoms with Gasteiger partial charge in [0.1, 0.15) is 5.82 Å². The van der Waals surface area contributed by atoms with Crippen LogP contribution in [0.3, 0.4) is 0 Å². The molecule has 0 N–H and O–H groups in total. The number of rotatable bonds is 2. The van der Waals surface area contributed by atoms with E-state index in [1.54, 1.807) is 7.11 Å². The van der Waals surface area contributed by atoms with Crippen LogP contribution in [0.5, 0.6) is 0 Å². The van der Waals surface area contributed by atoms with Gasteiger partial charge in [0.15, 0.2) is 6.29 Å². The molecule has 1 atom stereocenters. The molecule has 0 bridgehead atoms. The van der Waals surface area contributed by atoms with E-state index in [2.05, 4.69) is 15.9 Å². The van der Waals surface area contributed by atoms with Gasteiger partial charge in [-0.2, -0.15) is 0 Å². The van der Waals surface area contributed by atoms with Gasteiger partial charge in [-0.05, 0) is 52.4 Å². The van der Waals surface area contributed by atoms with Crippen molar-refractivity contribution >= 4 is 22.2 Å². The van der Waals surface area contributed by atoms with Crippen LogP contribution in [0.2, 0.25) is 0 Å². The van der Waals surface area contributed by atoms with E-state index in [4.69, 9.17) is 4.74 Å². The summed E-state index contributed by atoms with van der Waals surface area (Å²) in [6.07, 6.45) is 3.23. The molecule has 0 aliphatic heterocycles. The zero-order chi connectivity index (χ0) is 11.7. The quantitative estimate of drug-likeness (QED) is 0.779. The third-order valence-corrected chi connectivity index (χ3v) is 3.87. The Balaban J connectivity index is 2.63. The second-order valence-corrected chi connectivity index (χ2v) is 4.69. The molecule has 0 fully saturated rings. The van der Waals surface area contributed by atoms with Crippen LogP contribution in [0.15, 0.2) is 10.5 Å². The minimum absolute atomic E-state index is 0.0441. The lowest BCUT2D eigenvalue weighted by Gasteiger charge is -2.26. The predicted octanol–water partition coefficient (Wildman–Crippen LogP) is 3.42. The number of aryl methyl sites for hydroxylation is 1. The summed E-state index contributed by atoms with van der Waals surface area (Å²) >= 11 is 3.31. The van der Waals surface area contributed by atoms with Crippen LogP contribution < -0.4 is 0 Å². The first-order valence-corrected chi connectivity index (χ1v) is 5.97. The van der Waals surface area contributed by atoms with E-state index in [-0.39, 0.29) is 11.7 Å². The number of halogens is 2. The van der Waals surface area contributed by atoms with Crippen molar-refractivity contribution in [1.82, 2.24) is 0 Å². The Morgan fingerprint density at radius 3 is 3.00 bits per heavy atom. The van der Waals surface area contributed by atoms with Crippen molar-refractivity contribution in [1.29, 1.82) is 0 Å². The summed E-state index contributed by atoms with van der Waals surface area (Å²) in [5, 5.41) is 0. The van der Waals surface area contributed by atoms with Gasteiger partial charge in [-0.3, -0.25) is 4.79 Å². The third kappa shape index (κ3) is 1.80. The molecule has 2 rings (SSSR count). The van der Waals surface area contributed by atoms with Crippen molar-refractivity contribution in [2.75, 3.05) is 7.11 Å². The van der Waals surface area contributed by atoms with Crippen molar-refractivity contribution in [2.24, 2.45) is 0 Å². The standard InChI is InChI=1S/C12H12BrFO2/c1-16-10-4-2-3-7-5-9(14)8(6-15)12(13)11(7)10/h5-6,10H,2-4H2,1H3. The summed E-state index contributed by atoms with van der Waals surface area (Å²) in [7, 11) is 1.64. The molecule has 1 aliphatic carbocycles. The number of carbonyl (C=O) groups excluding carboxylic acids is 1. The molecule has 2 nitrogen and oxygen atoms in total. The SMILES string of the molecule is COC1CCCc2cc(F)c(C=O)c(Br)c21. The van der Waals surface area contributed by atoms with E-state index in [0.717, 1.165) is 30.4 Å². The van der Waals surface area contributed by atoms with Crippen molar-refractivity contribution in [3.05, 3.63) is 33.0 Å². The molecule has 0 amide bonds. The van der Waals surface area contributed by atoms with Gasteiger partial charge in [0, 0.05) is 11.6 Å². The Bertz CT molecular complexity index is 432. The van der Waals surface area contributed by atoms with E-state index >= 15 is 0 Å². The second-order valence-electron chi connectivity index (χ2n) is 3.89. The lowest BCUT2D eigenvalue weighted by atomic mass is 9.88. The number of carbonyl (C=O) groups is 1. The van der Waals surface area contributed by atoms with Gasteiger partial charge in [0.25, 0.3) is 0 Å². The fourth-order valence-corrected chi connectivity index (χ4v) is 3.01. The van der Waals surface area contributed by atoms with Crippen LogP contribution in [0, 0.1) is 5.82 Å². The monoisotopic (exact) mass is 286 g/mol. The smallest absolute Gasteiger partial charge is 0.154 e.